The maximum Gasteiger partial charge on any atom is 0.129 e. The summed E-state index contributed by atoms with van der Waals surface area (Å²) in [5.74, 6) is 0.449. The summed E-state index contributed by atoms with van der Waals surface area (Å²) in [7, 11) is 0. The van der Waals surface area contributed by atoms with Crippen LogP contribution in [0.15, 0.2) is 18.2 Å². The molecule has 1 aromatic carbocycles. The second kappa shape index (κ2) is 6.78. The zero-order valence-electron chi connectivity index (χ0n) is 13.7. The summed E-state index contributed by atoms with van der Waals surface area (Å²) >= 11 is 0. The lowest BCUT2D eigenvalue weighted by molar-refractivity contribution is 0.0529. The fourth-order valence-electron chi connectivity index (χ4n) is 3.03. The van der Waals surface area contributed by atoms with Crippen LogP contribution < -0.4 is 10.1 Å². The molecule has 0 radical (unpaired) electrons. The monoisotopic (exact) mass is 293 g/mol. The van der Waals surface area contributed by atoms with E-state index < -0.39 is 0 Å². The van der Waals surface area contributed by atoms with Gasteiger partial charge in [0.25, 0.3) is 0 Å². The molecule has 3 heteroatoms. The fraction of sp³-hybridized carbons (Fsp3) is 0.667. The highest BCUT2D eigenvalue weighted by Gasteiger charge is 2.36. The van der Waals surface area contributed by atoms with Gasteiger partial charge in [-0.15, -0.1) is 0 Å². The standard InChI is InChI=1S/C18H28FNO/c1-5-10-20-16-8-9-18(3,4)12-17(16)21-14-7-6-13(2)15(19)11-14/h6-7,11,16-17,20H,5,8-10,12H2,1-4H3. The van der Waals surface area contributed by atoms with Crippen LogP contribution in [0.25, 0.3) is 0 Å². The van der Waals surface area contributed by atoms with Gasteiger partial charge in [-0.1, -0.05) is 26.8 Å². The number of benzene rings is 1. The van der Waals surface area contributed by atoms with Crippen LogP contribution in [0.2, 0.25) is 0 Å². The molecule has 1 N–H and O–H groups in total. The van der Waals surface area contributed by atoms with E-state index in [1.807, 2.05) is 6.07 Å². The van der Waals surface area contributed by atoms with Gasteiger partial charge in [-0.25, -0.2) is 4.39 Å². The molecular formula is C18H28FNO. The first-order valence-corrected chi connectivity index (χ1v) is 8.07. The summed E-state index contributed by atoms with van der Waals surface area (Å²) < 4.78 is 19.8. The van der Waals surface area contributed by atoms with E-state index in [0.717, 1.165) is 25.8 Å². The van der Waals surface area contributed by atoms with Gasteiger partial charge >= 0.3 is 0 Å². The Morgan fingerprint density at radius 2 is 2.14 bits per heavy atom. The van der Waals surface area contributed by atoms with Crippen molar-refractivity contribution in [1.82, 2.24) is 5.32 Å². The quantitative estimate of drug-likeness (QED) is 0.865. The Morgan fingerprint density at radius 1 is 1.38 bits per heavy atom. The van der Waals surface area contributed by atoms with Crippen LogP contribution in [-0.2, 0) is 0 Å². The Balaban J connectivity index is 2.09. The van der Waals surface area contributed by atoms with Crippen molar-refractivity contribution in [3.8, 4) is 5.75 Å². The smallest absolute Gasteiger partial charge is 0.129 e. The molecule has 0 heterocycles. The highest BCUT2D eigenvalue weighted by Crippen LogP contribution is 2.37. The van der Waals surface area contributed by atoms with Gasteiger partial charge in [-0.2, -0.15) is 0 Å². The van der Waals surface area contributed by atoms with Gasteiger partial charge in [0.1, 0.15) is 17.7 Å². The Kier molecular flexibility index (Phi) is 5.26. The van der Waals surface area contributed by atoms with Crippen molar-refractivity contribution < 1.29 is 9.13 Å². The van der Waals surface area contributed by atoms with E-state index in [1.54, 1.807) is 13.0 Å². The minimum Gasteiger partial charge on any atom is -0.489 e. The molecule has 0 aromatic heterocycles. The number of rotatable bonds is 5. The van der Waals surface area contributed by atoms with Crippen LogP contribution in [0.3, 0.4) is 0 Å². The highest BCUT2D eigenvalue weighted by molar-refractivity contribution is 5.28. The number of hydrogen-bond acceptors (Lipinski definition) is 2. The number of hydrogen-bond donors (Lipinski definition) is 1. The molecule has 21 heavy (non-hydrogen) atoms. The third-order valence-electron chi connectivity index (χ3n) is 4.42. The normalized spacial score (nSPS) is 24.8. The summed E-state index contributed by atoms with van der Waals surface area (Å²) in [6.45, 7) is 9.52. The maximum atomic E-state index is 13.7. The highest BCUT2D eigenvalue weighted by atomic mass is 19.1. The molecule has 1 aliphatic rings. The Morgan fingerprint density at radius 3 is 2.81 bits per heavy atom. The maximum absolute atomic E-state index is 13.7. The second-order valence-corrected chi connectivity index (χ2v) is 7.03. The minimum atomic E-state index is -0.194. The van der Waals surface area contributed by atoms with E-state index in [2.05, 4.69) is 26.1 Å². The van der Waals surface area contributed by atoms with Crippen LogP contribution in [-0.4, -0.2) is 18.7 Å². The molecular weight excluding hydrogens is 265 g/mol. The number of ether oxygens (including phenoxy) is 1. The van der Waals surface area contributed by atoms with Crippen molar-refractivity contribution in [1.29, 1.82) is 0 Å². The number of nitrogens with one attached hydrogen (secondary N) is 1. The fourth-order valence-corrected chi connectivity index (χ4v) is 3.03. The SMILES string of the molecule is CCCNC1CCC(C)(C)CC1Oc1ccc(C)c(F)c1. The molecule has 2 atom stereocenters. The third kappa shape index (κ3) is 4.44. The third-order valence-corrected chi connectivity index (χ3v) is 4.42. The summed E-state index contributed by atoms with van der Waals surface area (Å²) in [6.07, 6.45) is 4.56. The van der Waals surface area contributed by atoms with Crippen molar-refractivity contribution in [2.75, 3.05) is 6.54 Å². The summed E-state index contributed by atoms with van der Waals surface area (Å²) in [5.41, 5.74) is 0.949. The molecule has 1 aliphatic carbocycles. The summed E-state index contributed by atoms with van der Waals surface area (Å²) in [6, 6.07) is 5.53. The van der Waals surface area contributed by atoms with Gasteiger partial charge in [-0.05, 0) is 56.2 Å². The lowest BCUT2D eigenvalue weighted by Crippen LogP contribution is -2.49. The second-order valence-electron chi connectivity index (χ2n) is 7.03. The Labute approximate surface area is 128 Å². The van der Waals surface area contributed by atoms with Crippen molar-refractivity contribution in [3.05, 3.63) is 29.6 Å². The molecule has 2 nitrogen and oxygen atoms in total. The lowest BCUT2D eigenvalue weighted by atomic mass is 9.74. The summed E-state index contributed by atoms with van der Waals surface area (Å²) in [4.78, 5) is 0. The zero-order chi connectivity index (χ0) is 15.5. The van der Waals surface area contributed by atoms with Gasteiger partial charge in [-0.3, -0.25) is 0 Å². The lowest BCUT2D eigenvalue weighted by Gasteiger charge is -2.41. The molecule has 0 spiro atoms. The molecule has 2 rings (SSSR count). The summed E-state index contributed by atoms with van der Waals surface area (Å²) in [5, 5.41) is 3.59. The van der Waals surface area contributed by atoms with Gasteiger partial charge < -0.3 is 10.1 Å². The zero-order valence-corrected chi connectivity index (χ0v) is 13.7. The van der Waals surface area contributed by atoms with E-state index in [0.29, 0.717) is 17.4 Å². The van der Waals surface area contributed by atoms with E-state index in [-0.39, 0.29) is 17.3 Å². The van der Waals surface area contributed by atoms with E-state index in [4.69, 9.17) is 4.74 Å². The molecule has 2 unspecified atom stereocenters. The van der Waals surface area contributed by atoms with Gasteiger partial charge in [0.2, 0.25) is 0 Å². The minimum absolute atomic E-state index is 0.113. The van der Waals surface area contributed by atoms with Gasteiger partial charge in [0.15, 0.2) is 0 Å². The predicted octanol–water partition coefficient (Wildman–Crippen LogP) is 4.46. The molecule has 118 valence electrons. The molecule has 0 saturated heterocycles. The Bertz CT molecular complexity index is 472. The van der Waals surface area contributed by atoms with Crippen LogP contribution in [0.1, 0.15) is 52.0 Å². The number of halogens is 1. The van der Waals surface area contributed by atoms with Crippen molar-refractivity contribution in [2.24, 2.45) is 5.41 Å². The first-order chi connectivity index (χ1) is 9.91. The Hall–Kier alpha value is -1.09. The van der Waals surface area contributed by atoms with Crippen LogP contribution in [0, 0.1) is 18.2 Å². The first kappa shape index (κ1) is 16.3. The average molecular weight is 293 g/mol. The molecule has 1 saturated carbocycles. The molecule has 1 fully saturated rings. The predicted molar refractivity (Wildman–Crippen MR) is 85.3 cm³/mol. The largest absolute Gasteiger partial charge is 0.489 e. The van der Waals surface area contributed by atoms with Crippen LogP contribution >= 0.6 is 0 Å². The van der Waals surface area contributed by atoms with E-state index >= 15 is 0 Å². The van der Waals surface area contributed by atoms with Crippen molar-refractivity contribution >= 4 is 0 Å². The van der Waals surface area contributed by atoms with Gasteiger partial charge in [0, 0.05) is 12.1 Å². The number of aryl methyl sites for hydroxylation is 1. The van der Waals surface area contributed by atoms with Crippen molar-refractivity contribution in [3.63, 3.8) is 0 Å². The van der Waals surface area contributed by atoms with Gasteiger partial charge in [0.05, 0.1) is 0 Å². The molecule has 0 amide bonds. The first-order valence-electron chi connectivity index (χ1n) is 8.07. The van der Waals surface area contributed by atoms with E-state index in [9.17, 15) is 4.39 Å². The van der Waals surface area contributed by atoms with E-state index in [1.165, 1.54) is 12.5 Å². The molecule has 0 bridgehead atoms. The molecule has 1 aromatic rings. The average Bonchev–Trinajstić information content (AvgIpc) is 2.41. The molecule has 0 aliphatic heterocycles. The van der Waals surface area contributed by atoms with Crippen LogP contribution in [0.5, 0.6) is 5.75 Å². The topological polar surface area (TPSA) is 21.3 Å². The van der Waals surface area contributed by atoms with Crippen LogP contribution in [0.4, 0.5) is 4.39 Å². The van der Waals surface area contributed by atoms with Crippen molar-refractivity contribution in [2.45, 2.75) is 65.5 Å².